The minimum absolute atomic E-state index is 0.190. The Kier molecular flexibility index (Phi) is 6.15. The number of benzene rings is 1. The van der Waals surface area contributed by atoms with Gasteiger partial charge >= 0.3 is 0 Å². The standard InChI is InChI=1S/C20H24N4O/c25-19(23-15-17-9-5-2-6-10-17)18-12-14-22-20(24-18)21-13-11-16-7-3-1-4-8-16/h2,5-7,9-10,12,14H,1,3-4,8,11,13,15H2,(H,23,25)(H,21,22,24). The van der Waals surface area contributed by atoms with Gasteiger partial charge in [-0.05, 0) is 43.7 Å². The zero-order valence-electron chi connectivity index (χ0n) is 14.4. The molecule has 0 saturated carbocycles. The lowest BCUT2D eigenvalue weighted by molar-refractivity contribution is 0.0946. The van der Waals surface area contributed by atoms with E-state index < -0.39 is 0 Å². The van der Waals surface area contributed by atoms with E-state index in [2.05, 4.69) is 26.7 Å². The van der Waals surface area contributed by atoms with Crippen molar-refractivity contribution >= 4 is 11.9 Å². The lowest BCUT2D eigenvalue weighted by Crippen LogP contribution is -2.24. The maximum absolute atomic E-state index is 12.3. The molecule has 3 rings (SSSR count). The Morgan fingerprint density at radius 2 is 2.00 bits per heavy atom. The van der Waals surface area contributed by atoms with Crippen molar-refractivity contribution in [2.75, 3.05) is 11.9 Å². The number of nitrogens with one attached hydrogen (secondary N) is 2. The van der Waals surface area contributed by atoms with Gasteiger partial charge in [-0.2, -0.15) is 0 Å². The van der Waals surface area contributed by atoms with Gasteiger partial charge in [0, 0.05) is 19.3 Å². The fourth-order valence-electron chi connectivity index (χ4n) is 2.91. The van der Waals surface area contributed by atoms with Crippen LogP contribution in [0.4, 0.5) is 5.95 Å². The summed E-state index contributed by atoms with van der Waals surface area (Å²) in [7, 11) is 0. The van der Waals surface area contributed by atoms with E-state index in [-0.39, 0.29) is 5.91 Å². The Hall–Kier alpha value is -2.69. The Balaban J connectivity index is 1.50. The van der Waals surface area contributed by atoms with Crippen molar-refractivity contribution in [1.82, 2.24) is 15.3 Å². The predicted octanol–water partition coefficient (Wildman–Crippen LogP) is 3.71. The summed E-state index contributed by atoms with van der Waals surface area (Å²) in [6.07, 6.45) is 9.97. The largest absolute Gasteiger partial charge is 0.354 e. The highest BCUT2D eigenvalue weighted by Crippen LogP contribution is 2.19. The lowest BCUT2D eigenvalue weighted by atomic mass is 9.97. The first-order chi connectivity index (χ1) is 12.3. The summed E-state index contributed by atoms with van der Waals surface area (Å²) in [6, 6.07) is 11.5. The minimum Gasteiger partial charge on any atom is -0.354 e. The quantitative estimate of drug-likeness (QED) is 0.757. The molecular formula is C20H24N4O. The summed E-state index contributed by atoms with van der Waals surface area (Å²) in [6.45, 7) is 1.28. The number of amides is 1. The molecule has 0 unspecified atom stereocenters. The third-order valence-electron chi connectivity index (χ3n) is 4.30. The average Bonchev–Trinajstić information content (AvgIpc) is 2.68. The maximum Gasteiger partial charge on any atom is 0.270 e. The van der Waals surface area contributed by atoms with Crippen molar-refractivity contribution in [3.05, 3.63) is 65.5 Å². The van der Waals surface area contributed by atoms with Gasteiger partial charge in [0.2, 0.25) is 5.95 Å². The average molecular weight is 336 g/mol. The molecule has 0 bridgehead atoms. The highest BCUT2D eigenvalue weighted by molar-refractivity contribution is 5.92. The molecule has 5 nitrogen and oxygen atoms in total. The summed E-state index contributed by atoms with van der Waals surface area (Å²) < 4.78 is 0. The molecule has 0 spiro atoms. The first kappa shape index (κ1) is 17.1. The zero-order valence-corrected chi connectivity index (χ0v) is 14.4. The van der Waals surface area contributed by atoms with Gasteiger partial charge < -0.3 is 10.6 Å². The van der Waals surface area contributed by atoms with Crippen LogP contribution in [0.1, 0.15) is 48.2 Å². The van der Waals surface area contributed by atoms with E-state index in [1.165, 1.54) is 31.3 Å². The number of carbonyl (C=O) groups is 1. The van der Waals surface area contributed by atoms with Crippen molar-refractivity contribution in [3.8, 4) is 0 Å². The van der Waals surface area contributed by atoms with Gasteiger partial charge in [-0.15, -0.1) is 0 Å². The molecule has 0 saturated heterocycles. The number of rotatable bonds is 7. The summed E-state index contributed by atoms with van der Waals surface area (Å²) in [5.41, 5.74) is 2.95. The van der Waals surface area contributed by atoms with Crippen molar-refractivity contribution in [3.63, 3.8) is 0 Å². The second-order valence-corrected chi connectivity index (χ2v) is 6.22. The van der Waals surface area contributed by atoms with E-state index >= 15 is 0 Å². The van der Waals surface area contributed by atoms with E-state index in [4.69, 9.17) is 0 Å². The molecule has 0 fully saturated rings. The smallest absolute Gasteiger partial charge is 0.270 e. The van der Waals surface area contributed by atoms with E-state index in [1.54, 1.807) is 12.3 Å². The van der Waals surface area contributed by atoms with Crippen LogP contribution in [-0.2, 0) is 6.54 Å². The number of nitrogens with zero attached hydrogens (tertiary/aromatic N) is 2. The third-order valence-corrected chi connectivity index (χ3v) is 4.30. The van der Waals surface area contributed by atoms with Crippen LogP contribution in [0.5, 0.6) is 0 Å². The molecule has 25 heavy (non-hydrogen) atoms. The molecule has 2 N–H and O–H groups in total. The number of hydrogen-bond acceptors (Lipinski definition) is 4. The Labute approximate surface area is 148 Å². The van der Waals surface area contributed by atoms with Crippen LogP contribution >= 0.6 is 0 Å². The van der Waals surface area contributed by atoms with Gasteiger partial charge in [-0.25, -0.2) is 9.97 Å². The molecule has 2 aromatic rings. The van der Waals surface area contributed by atoms with E-state index in [0.29, 0.717) is 18.2 Å². The Morgan fingerprint density at radius 3 is 2.80 bits per heavy atom. The number of carbonyl (C=O) groups excluding carboxylic acids is 1. The molecule has 1 aliphatic rings. The van der Waals surface area contributed by atoms with Gasteiger partial charge in [0.1, 0.15) is 5.69 Å². The molecule has 1 amide bonds. The lowest BCUT2D eigenvalue weighted by Gasteiger charge is -2.13. The molecule has 0 radical (unpaired) electrons. The molecule has 5 heteroatoms. The Bertz CT molecular complexity index is 727. The van der Waals surface area contributed by atoms with Gasteiger partial charge in [0.25, 0.3) is 5.91 Å². The molecular weight excluding hydrogens is 312 g/mol. The van der Waals surface area contributed by atoms with Crippen LogP contribution < -0.4 is 10.6 Å². The van der Waals surface area contributed by atoms with Crippen molar-refractivity contribution in [2.24, 2.45) is 0 Å². The second-order valence-electron chi connectivity index (χ2n) is 6.22. The molecule has 0 aliphatic heterocycles. The van der Waals surface area contributed by atoms with Gasteiger partial charge in [-0.1, -0.05) is 42.0 Å². The van der Waals surface area contributed by atoms with Crippen LogP contribution in [-0.4, -0.2) is 22.4 Å². The highest BCUT2D eigenvalue weighted by atomic mass is 16.1. The van der Waals surface area contributed by atoms with Crippen LogP contribution in [0.3, 0.4) is 0 Å². The minimum atomic E-state index is -0.190. The maximum atomic E-state index is 12.3. The fourth-order valence-corrected chi connectivity index (χ4v) is 2.91. The topological polar surface area (TPSA) is 66.9 Å². The van der Waals surface area contributed by atoms with Gasteiger partial charge in [0.15, 0.2) is 0 Å². The van der Waals surface area contributed by atoms with Crippen molar-refractivity contribution < 1.29 is 4.79 Å². The molecule has 1 aliphatic carbocycles. The molecule has 130 valence electrons. The van der Waals surface area contributed by atoms with Gasteiger partial charge in [0.05, 0.1) is 0 Å². The van der Waals surface area contributed by atoms with Gasteiger partial charge in [-0.3, -0.25) is 4.79 Å². The number of allylic oxidation sites excluding steroid dienone is 1. The van der Waals surface area contributed by atoms with Crippen LogP contribution in [0.15, 0.2) is 54.2 Å². The summed E-state index contributed by atoms with van der Waals surface area (Å²) in [5, 5.41) is 6.10. The van der Waals surface area contributed by atoms with Crippen molar-refractivity contribution in [1.29, 1.82) is 0 Å². The van der Waals surface area contributed by atoms with Crippen LogP contribution in [0.25, 0.3) is 0 Å². The van der Waals surface area contributed by atoms with E-state index in [9.17, 15) is 4.79 Å². The molecule has 0 atom stereocenters. The zero-order chi connectivity index (χ0) is 17.3. The second kappa shape index (κ2) is 8.97. The highest BCUT2D eigenvalue weighted by Gasteiger charge is 2.09. The van der Waals surface area contributed by atoms with Crippen LogP contribution in [0, 0.1) is 0 Å². The number of hydrogen-bond donors (Lipinski definition) is 2. The molecule has 1 aromatic heterocycles. The third kappa shape index (κ3) is 5.41. The molecule has 1 heterocycles. The van der Waals surface area contributed by atoms with E-state index in [1.807, 2.05) is 30.3 Å². The normalized spacial score (nSPS) is 13.8. The fraction of sp³-hybridized carbons (Fsp3) is 0.350. The predicted molar refractivity (Wildman–Crippen MR) is 99.3 cm³/mol. The Morgan fingerprint density at radius 1 is 1.12 bits per heavy atom. The summed E-state index contributed by atoms with van der Waals surface area (Å²) in [4.78, 5) is 20.8. The SMILES string of the molecule is O=C(NCc1ccccc1)c1ccnc(NCCC2=CCCCC2)n1. The number of anilines is 1. The summed E-state index contributed by atoms with van der Waals surface area (Å²) in [5.74, 6) is 0.313. The first-order valence-corrected chi connectivity index (χ1v) is 8.88. The summed E-state index contributed by atoms with van der Waals surface area (Å²) >= 11 is 0. The first-order valence-electron chi connectivity index (χ1n) is 8.88. The van der Waals surface area contributed by atoms with Crippen molar-refractivity contribution in [2.45, 2.75) is 38.6 Å². The monoisotopic (exact) mass is 336 g/mol. The van der Waals surface area contributed by atoms with E-state index in [0.717, 1.165) is 18.5 Å². The van der Waals surface area contributed by atoms with Crippen LogP contribution in [0.2, 0.25) is 0 Å². The number of aromatic nitrogens is 2. The molecule has 1 aromatic carbocycles.